The van der Waals surface area contributed by atoms with Gasteiger partial charge in [-0.05, 0) is 11.5 Å². The summed E-state index contributed by atoms with van der Waals surface area (Å²) >= 11 is 0.759. The lowest BCUT2D eigenvalue weighted by atomic mass is 10.3. The molecule has 0 radical (unpaired) electrons. The smallest absolute Gasteiger partial charge is 0.382 e. The average molecular weight is 268 g/mol. The standard InChI is InChI=1S/C8H11F3N4OS/c1-13-6(16)4-5(12)14-17-7(4)15(2)3-8(9,10)11/h3H2,1-2H3,(H2,12,14)(H,13,16). The first-order valence-corrected chi connectivity index (χ1v) is 5.28. The van der Waals surface area contributed by atoms with E-state index in [2.05, 4.69) is 9.69 Å². The zero-order chi connectivity index (χ0) is 13.2. The predicted octanol–water partition coefficient (Wildman–Crippen LogP) is 1.08. The Morgan fingerprint density at radius 2 is 2.18 bits per heavy atom. The van der Waals surface area contributed by atoms with Crippen LogP contribution in [-0.4, -0.2) is 37.1 Å². The van der Waals surface area contributed by atoms with Gasteiger partial charge in [-0.1, -0.05) is 0 Å². The number of carbonyl (C=O) groups is 1. The molecule has 0 aliphatic carbocycles. The van der Waals surface area contributed by atoms with Crippen LogP contribution >= 0.6 is 11.5 Å². The monoisotopic (exact) mass is 268 g/mol. The first-order chi connectivity index (χ1) is 7.76. The molecule has 0 aliphatic heterocycles. The van der Waals surface area contributed by atoms with Gasteiger partial charge in [-0.2, -0.15) is 17.5 Å². The summed E-state index contributed by atoms with van der Waals surface area (Å²) in [6.07, 6.45) is -4.35. The lowest BCUT2D eigenvalue weighted by molar-refractivity contribution is -0.119. The third-order valence-electron chi connectivity index (χ3n) is 1.92. The van der Waals surface area contributed by atoms with Crippen LogP contribution in [0.15, 0.2) is 0 Å². The van der Waals surface area contributed by atoms with Gasteiger partial charge in [0.25, 0.3) is 5.91 Å². The van der Waals surface area contributed by atoms with Gasteiger partial charge >= 0.3 is 6.18 Å². The van der Waals surface area contributed by atoms with Crippen molar-refractivity contribution in [1.29, 1.82) is 0 Å². The van der Waals surface area contributed by atoms with Gasteiger partial charge in [-0.25, -0.2) is 0 Å². The van der Waals surface area contributed by atoms with Crippen LogP contribution in [0.4, 0.5) is 24.0 Å². The highest BCUT2D eigenvalue weighted by molar-refractivity contribution is 7.11. The molecule has 0 saturated carbocycles. The first kappa shape index (κ1) is 13.6. The van der Waals surface area contributed by atoms with Crippen molar-refractivity contribution in [1.82, 2.24) is 9.69 Å². The predicted molar refractivity (Wildman–Crippen MR) is 59.2 cm³/mol. The largest absolute Gasteiger partial charge is 0.405 e. The molecule has 0 atom stereocenters. The Morgan fingerprint density at radius 3 is 2.65 bits per heavy atom. The molecule has 1 aromatic heterocycles. The van der Waals surface area contributed by atoms with Crippen molar-refractivity contribution in [2.75, 3.05) is 31.3 Å². The third-order valence-corrected chi connectivity index (χ3v) is 2.89. The number of nitrogens with two attached hydrogens (primary N) is 1. The molecule has 0 spiro atoms. The fraction of sp³-hybridized carbons (Fsp3) is 0.500. The van der Waals surface area contributed by atoms with Crippen molar-refractivity contribution in [3.63, 3.8) is 0 Å². The van der Waals surface area contributed by atoms with E-state index in [0.29, 0.717) is 0 Å². The van der Waals surface area contributed by atoms with Gasteiger partial charge in [0.2, 0.25) is 0 Å². The number of amides is 1. The van der Waals surface area contributed by atoms with Crippen molar-refractivity contribution in [2.24, 2.45) is 0 Å². The minimum absolute atomic E-state index is 0.0238. The van der Waals surface area contributed by atoms with Crippen molar-refractivity contribution in [2.45, 2.75) is 6.18 Å². The SMILES string of the molecule is CNC(=O)c1c(N)nsc1N(C)CC(F)(F)F. The molecule has 1 rings (SSSR count). The maximum Gasteiger partial charge on any atom is 0.405 e. The summed E-state index contributed by atoms with van der Waals surface area (Å²) in [6, 6.07) is 0. The molecular weight excluding hydrogens is 257 g/mol. The van der Waals surface area contributed by atoms with Gasteiger partial charge in [-0.3, -0.25) is 4.79 Å². The Bertz CT molecular complexity index is 417. The molecule has 0 fully saturated rings. The van der Waals surface area contributed by atoms with E-state index in [1.807, 2.05) is 0 Å². The topological polar surface area (TPSA) is 71.2 Å². The minimum atomic E-state index is -4.35. The number of anilines is 2. The quantitative estimate of drug-likeness (QED) is 0.860. The molecule has 1 heterocycles. The fourth-order valence-corrected chi connectivity index (χ4v) is 2.00. The summed E-state index contributed by atoms with van der Waals surface area (Å²) in [7, 11) is 2.60. The molecule has 1 amide bonds. The molecule has 0 aliphatic rings. The number of carbonyl (C=O) groups excluding carboxylic acids is 1. The number of halogens is 3. The van der Waals surface area contributed by atoms with Gasteiger partial charge in [-0.15, -0.1) is 0 Å². The molecular formula is C8H11F3N4OS. The number of nitrogens with zero attached hydrogens (tertiary/aromatic N) is 2. The van der Waals surface area contributed by atoms with E-state index in [9.17, 15) is 18.0 Å². The van der Waals surface area contributed by atoms with Crippen LogP contribution in [0, 0.1) is 0 Å². The molecule has 96 valence electrons. The second kappa shape index (κ2) is 4.78. The summed E-state index contributed by atoms with van der Waals surface area (Å²) in [6.45, 7) is -1.17. The molecule has 0 bridgehead atoms. The van der Waals surface area contributed by atoms with Crippen LogP contribution < -0.4 is 16.0 Å². The third kappa shape index (κ3) is 3.22. The van der Waals surface area contributed by atoms with E-state index in [-0.39, 0.29) is 16.4 Å². The zero-order valence-corrected chi connectivity index (χ0v) is 9.95. The second-order valence-electron chi connectivity index (χ2n) is 3.30. The molecule has 0 aromatic carbocycles. The molecule has 9 heteroatoms. The van der Waals surface area contributed by atoms with Crippen LogP contribution in [0.2, 0.25) is 0 Å². The van der Waals surface area contributed by atoms with Crippen LogP contribution in [0.1, 0.15) is 10.4 Å². The van der Waals surface area contributed by atoms with E-state index in [1.165, 1.54) is 14.1 Å². The highest BCUT2D eigenvalue weighted by atomic mass is 32.1. The number of hydrogen-bond acceptors (Lipinski definition) is 5. The van der Waals surface area contributed by atoms with Crippen molar-refractivity contribution in [3.05, 3.63) is 5.56 Å². The van der Waals surface area contributed by atoms with Crippen molar-refractivity contribution >= 4 is 28.3 Å². The summed E-state index contributed by atoms with van der Waals surface area (Å²) in [4.78, 5) is 12.4. The lowest BCUT2D eigenvalue weighted by Gasteiger charge is -2.19. The van der Waals surface area contributed by atoms with E-state index in [0.717, 1.165) is 16.4 Å². The maximum absolute atomic E-state index is 12.2. The van der Waals surface area contributed by atoms with Crippen LogP contribution in [0.25, 0.3) is 0 Å². The molecule has 3 N–H and O–H groups in total. The van der Waals surface area contributed by atoms with Gasteiger partial charge in [0.15, 0.2) is 5.82 Å². The normalized spacial score (nSPS) is 11.4. The first-order valence-electron chi connectivity index (χ1n) is 4.51. The summed E-state index contributed by atoms with van der Waals surface area (Å²) in [5.74, 6) is -0.626. The fourth-order valence-electron chi connectivity index (χ4n) is 1.23. The number of aromatic nitrogens is 1. The summed E-state index contributed by atoms with van der Waals surface area (Å²) < 4.78 is 40.4. The van der Waals surface area contributed by atoms with E-state index >= 15 is 0 Å². The Morgan fingerprint density at radius 1 is 1.59 bits per heavy atom. The van der Waals surface area contributed by atoms with Crippen LogP contribution in [0.3, 0.4) is 0 Å². The zero-order valence-electron chi connectivity index (χ0n) is 9.13. The van der Waals surface area contributed by atoms with Gasteiger partial charge < -0.3 is 16.0 Å². The van der Waals surface area contributed by atoms with E-state index < -0.39 is 18.6 Å². The number of hydrogen-bond donors (Lipinski definition) is 2. The minimum Gasteiger partial charge on any atom is -0.382 e. The molecule has 0 saturated heterocycles. The van der Waals surface area contributed by atoms with Crippen molar-refractivity contribution in [3.8, 4) is 0 Å². The Kier molecular flexibility index (Phi) is 3.81. The summed E-state index contributed by atoms with van der Waals surface area (Å²) in [5, 5.41) is 2.40. The van der Waals surface area contributed by atoms with Crippen LogP contribution in [-0.2, 0) is 0 Å². The van der Waals surface area contributed by atoms with E-state index in [1.54, 1.807) is 0 Å². The second-order valence-corrected chi connectivity index (χ2v) is 4.05. The van der Waals surface area contributed by atoms with Crippen molar-refractivity contribution < 1.29 is 18.0 Å². The Labute approximate surface area is 99.6 Å². The Hall–Kier alpha value is -1.51. The summed E-state index contributed by atoms with van der Waals surface area (Å²) in [5.41, 5.74) is 5.43. The Balaban J connectivity index is 3.02. The molecule has 5 nitrogen and oxygen atoms in total. The van der Waals surface area contributed by atoms with Gasteiger partial charge in [0.1, 0.15) is 17.1 Å². The maximum atomic E-state index is 12.2. The van der Waals surface area contributed by atoms with Crippen LogP contribution in [0.5, 0.6) is 0 Å². The lowest BCUT2D eigenvalue weighted by Crippen LogP contribution is -2.32. The molecule has 17 heavy (non-hydrogen) atoms. The number of alkyl halides is 3. The number of rotatable bonds is 3. The molecule has 0 unspecified atom stereocenters. The van der Waals surface area contributed by atoms with Gasteiger partial charge in [0.05, 0.1) is 0 Å². The number of nitrogen functional groups attached to an aromatic ring is 1. The highest BCUT2D eigenvalue weighted by Gasteiger charge is 2.32. The van der Waals surface area contributed by atoms with Gasteiger partial charge in [0, 0.05) is 14.1 Å². The number of nitrogens with one attached hydrogen (secondary N) is 1. The molecule has 1 aromatic rings. The highest BCUT2D eigenvalue weighted by Crippen LogP contribution is 2.31. The average Bonchev–Trinajstić information content (AvgIpc) is 2.56. The van der Waals surface area contributed by atoms with E-state index in [4.69, 9.17) is 5.73 Å².